The number of anilines is 6. The normalized spacial score (nSPS) is 19.9. The SMILES string of the molecule is C=CCNC(=O)c1cnc(Nc2ccc(N3CC4(C3)CN(C3CCN(c5cccc6c5CN(C(C)CCC=O)C6=O)CC3)C4)cc2)nc1Nc1ccc2c(n1)C(CC)CC2. The number of aromatic nitrogens is 3. The Hall–Kier alpha value is -5.82. The fraction of sp³-hybridized carbons (Fsp3) is 0.447. The number of aryl methyl sites for hydroxylation is 1. The first kappa shape index (κ1) is 39.6. The minimum absolute atomic E-state index is 0.0470. The van der Waals surface area contributed by atoms with Crippen molar-refractivity contribution in [3.8, 4) is 0 Å². The number of carbonyl (C=O) groups excluding carboxylic acids is 3. The lowest BCUT2D eigenvalue weighted by atomic mass is 9.71. The zero-order valence-electron chi connectivity index (χ0n) is 34.8. The summed E-state index contributed by atoms with van der Waals surface area (Å²) in [6.07, 6.45) is 10.8. The number of piperidine rings is 1. The van der Waals surface area contributed by atoms with Gasteiger partial charge in [0.15, 0.2) is 0 Å². The van der Waals surface area contributed by atoms with E-state index >= 15 is 0 Å². The van der Waals surface area contributed by atoms with Crippen LogP contribution in [0.15, 0.2) is 73.4 Å². The largest absolute Gasteiger partial charge is 0.371 e. The van der Waals surface area contributed by atoms with Crippen LogP contribution in [0, 0.1) is 5.41 Å². The summed E-state index contributed by atoms with van der Waals surface area (Å²) in [6, 6.07) is 19.3. The summed E-state index contributed by atoms with van der Waals surface area (Å²) in [7, 11) is 0. The number of nitrogens with zero attached hydrogens (tertiary/aromatic N) is 7. The van der Waals surface area contributed by atoms with Crippen molar-refractivity contribution in [2.24, 2.45) is 5.41 Å². The summed E-state index contributed by atoms with van der Waals surface area (Å²) in [5, 5.41) is 9.49. The summed E-state index contributed by atoms with van der Waals surface area (Å²) >= 11 is 0. The molecule has 0 bridgehead atoms. The molecular formula is C47H56N10O3. The second-order valence-corrected chi connectivity index (χ2v) is 17.4. The number of pyridine rings is 1. The molecule has 0 radical (unpaired) electrons. The van der Waals surface area contributed by atoms with Crippen LogP contribution in [0.25, 0.3) is 0 Å². The lowest BCUT2D eigenvalue weighted by Gasteiger charge is -2.63. The molecule has 2 atom stereocenters. The van der Waals surface area contributed by atoms with Gasteiger partial charge in [-0.3, -0.25) is 14.5 Å². The summed E-state index contributed by atoms with van der Waals surface area (Å²) in [5.74, 6) is 1.68. The molecule has 3 N–H and O–H groups in total. The molecule has 2 unspecified atom stereocenters. The van der Waals surface area contributed by atoms with E-state index in [9.17, 15) is 14.4 Å². The van der Waals surface area contributed by atoms with Gasteiger partial charge in [-0.15, -0.1) is 6.58 Å². The molecule has 6 heterocycles. The Labute approximate surface area is 352 Å². The Morgan fingerprint density at radius 2 is 1.78 bits per heavy atom. The lowest BCUT2D eigenvalue weighted by Crippen LogP contribution is -2.74. The first-order chi connectivity index (χ1) is 29.2. The van der Waals surface area contributed by atoms with Gasteiger partial charge in [0.25, 0.3) is 11.8 Å². The van der Waals surface area contributed by atoms with Crippen LogP contribution in [0.5, 0.6) is 0 Å². The van der Waals surface area contributed by atoms with Crippen molar-refractivity contribution in [1.29, 1.82) is 0 Å². The number of hydrogen-bond donors (Lipinski definition) is 3. The van der Waals surface area contributed by atoms with Crippen LogP contribution in [-0.2, 0) is 17.8 Å². The molecule has 2 amide bonds. The van der Waals surface area contributed by atoms with Gasteiger partial charge in [-0.1, -0.05) is 25.1 Å². The highest BCUT2D eigenvalue weighted by Gasteiger charge is 2.53. The summed E-state index contributed by atoms with van der Waals surface area (Å²) in [5.41, 5.74) is 8.34. The fourth-order valence-corrected chi connectivity index (χ4v) is 10.1. The number of likely N-dealkylation sites (tertiary alicyclic amines) is 1. The number of nitrogens with one attached hydrogen (secondary N) is 3. The molecule has 3 saturated heterocycles. The van der Waals surface area contributed by atoms with E-state index in [4.69, 9.17) is 9.97 Å². The van der Waals surface area contributed by atoms with Crippen LogP contribution < -0.4 is 25.8 Å². The van der Waals surface area contributed by atoms with E-state index < -0.39 is 0 Å². The molecule has 0 saturated carbocycles. The van der Waals surface area contributed by atoms with Gasteiger partial charge in [-0.25, -0.2) is 9.97 Å². The molecule has 5 aliphatic rings. The predicted octanol–water partition coefficient (Wildman–Crippen LogP) is 6.83. The quantitative estimate of drug-likeness (QED) is 0.0861. The Morgan fingerprint density at radius 3 is 2.53 bits per heavy atom. The molecule has 312 valence electrons. The number of aldehydes is 1. The third kappa shape index (κ3) is 7.71. The van der Waals surface area contributed by atoms with Gasteiger partial charge in [-0.05, 0) is 93.5 Å². The molecule has 13 nitrogen and oxygen atoms in total. The summed E-state index contributed by atoms with van der Waals surface area (Å²) < 4.78 is 0. The van der Waals surface area contributed by atoms with Gasteiger partial charge < -0.3 is 35.4 Å². The molecule has 4 aromatic rings. The number of hydrogen-bond acceptors (Lipinski definition) is 11. The van der Waals surface area contributed by atoms with Crippen LogP contribution in [0.3, 0.4) is 0 Å². The molecule has 1 spiro atoms. The van der Waals surface area contributed by atoms with Crippen molar-refractivity contribution in [3.63, 3.8) is 0 Å². The summed E-state index contributed by atoms with van der Waals surface area (Å²) in [6.45, 7) is 15.3. The van der Waals surface area contributed by atoms with E-state index in [1.165, 1.54) is 16.9 Å². The maximum absolute atomic E-state index is 13.2. The Morgan fingerprint density at radius 1 is 0.983 bits per heavy atom. The van der Waals surface area contributed by atoms with Gasteiger partial charge in [-0.2, -0.15) is 4.98 Å². The van der Waals surface area contributed by atoms with Crippen LogP contribution in [0.2, 0.25) is 0 Å². The molecule has 4 aliphatic heterocycles. The van der Waals surface area contributed by atoms with Crippen LogP contribution in [0.1, 0.15) is 95.8 Å². The maximum Gasteiger partial charge on any atom is 0.256 e. The third-order valence-corrected chi connectivity index (χ3v) is 13.5. The van der Waals surface area contributed by atoms with Gasteiger partial charge in [0.1, 0.15) is 23.5 Å². The van der Waals surface area contributed by atoms with E-state index in [0.717, 1.165) is 100 Å². The van der Waals surface area contributed by atoms with Crippen molar-refractivity contribution in [3.05, 3.63) is 101 Å². The molecule has 2 aromatic carbocycles. The highest BCUT2D eigenvalue weighted by atomic mass is 16.2. The minimum Gasteiger partial charge on any atom is -0.371 e. The molecule has 13 heteroatoms. The topological polar surface area (TPSA) is 139 Å². The second-order valence-electron chi connectivity index (χ2n) is 17.4. The zero-order valence-corrected chi connectivity index (χ0v) is 34.8. The number of carbonyl (C=O) groups is 3. The van der Waals surface area contributed by atoms with Crippen LogP contribution in [0.4, 0.5) is 34.6 Å². The minimum atomic E-state index is -0.287. The van der Waals surface area contributed by atoms with Gasteiger partial charge in [0.05, 0.1) is 0 Å². The predicted molar refractivity (Wildman–Crippen MR) is 236 cm³/mol. The monoisotopic (exact) mass is 808 g/mol. The van der Waals surface area contributed by atoms with Crippen molar-refractivity contribution >= 4 is 52.7 Å². The van der Waals surface area contributed by atoms with Gasteiger partial charge in [0, 0.05) is 122 Å². The number of benzene rings is 2. The van der Waals surface area contributed by atoms with E-state index in [0.29, 0.717) is 66.5 Å². The molecule has 2 aromatic heterocycles. The highest BCUT2D eigenvalue weighted by Crippen LogP contribution is 2.45. The van der Waals surface area contributed by atoms with Crippen molar-refractivity contribution in [2.75, 3.05) is 66.2 Å². The average molecular weight is 809 g/mol. The Kier molecular flexibility index (Phi) is 11.0. The van der Waals surface area contributed by atoms with Gasteiger partial charge in [0.2, 0.25) is 5.95 Å². The Bertz CT molecular complexity index is 2260. The molecular weight excluding hydrogens is 753 g/mol. The van der Waals surface area contributed by atoms with Crippen molar-refractivity contribution in [1.82, 2.24) is 30.1 Å². The third-order valence-electron chi connectivity index (χ3n) is 13.5. The van der Waals surface area contributed by atoms with E-state index in [1.807, 2.05) is 30.0 Å². The molecule has 9 rings (SSSR count). The van der Waals surface area contributed by atoms with Crippen LogP contribution >= 0.6 is 0 Å². The smallest absolute Gasteiger partial charge is 0.256 e. The van der Waals surface area contributed by atoms with E-state index in [2.05, 4.69) is 85.5 Å². The Balaban J connectivity index is 0.774. The first-order valence-corrected chi connectivity index (χ1v) is 21.7. The maximum atomic E-state index is 13.2. The van der Waals surface area contributed by atoms with Crippen LogP contribution in [-0.4, -0.2) is 101 Å². The first-order valence-electron chi connectivity index (χ1n) is 21.7. The second kappa shape index (κ2) is 16.7. The molecule has 60 heavy (non-hydrogen) atoms. The van der Waals surface area contributed by atoms with Gasteiger partial charge >= 0.3 is 0 Å². The highest BCUT2D eigenvalue weighted by molar-refractivity contribution is 6.00. The average Bonchev–Trinajstić information content (AvgIpc) is 3.81. The molecule has 3 fully saturated rings. The number of fused-ring (bicyclic) bond motifs is 2. The number of amides is 2. The zero-order chi connectivity index (χ0) is 41.4. The lowest BCUT2D eigenvalue weighted by molar-refractivity contribution is -0.108. The van der Waals surface area contributed by atoms with E-state index in [-0.39, 0.29) is 17.9 Å². The van der Waals surface area contributed by atoms with Crippen molar-refractivity contribution in [2.45, 2.75) is 83.3 Å². The molecule has 1 aliphatic carbocycles. The van der Waals surface area contributed by atoms with E-state index in [1.54, 1.807) is 12.3 Å². The number of rotatable bonds is 15. The summed E-state index contributed by atoms with van der Waals surface area (Å²) in [4.78, 5) is 61.0. The standard InChI is InChI=1S/C47H56N10O3/c1-4-21-48-44(59)38-25-49-46(53-43(38)52-41-18-13-33-12-11-32(5-2)42(33)51-41)50-34-14-16-35(17-15-34)55-27-47(28-55)29-56(30-47)36-19-22-54(23-20-36)40-10-6-9-37-39(40)26-57(45(37)60)31(3)8-7-24-58/h4,6,9-10,13-18,24-25,31-32,36H,1,5,7-8,11-12,19-23,26-30H2,2-3H3,(H,48,59)(H2,49,50,51,52,53). The fourth-order valence-electron chi connectivity index (χ4n) is 10.1. The van der Waals surface area contributed by atoms with Crippen molar-refractivity contribution < 1.29 is 14.4 Å².